The Kier molecular flexibility index (Phi) is 9.64. The van der Waals surface area contributed by atoms with E-state index in [0.717, 1.165) is 5.56 Å². The van der Waals surface area contributed by atoms with E-state index in [9.17, 15) is 9.59 Å². The van der Waals surface area contributed by atoms with Crippen LogP contribution in [0.4, 0.5) is 0 Å². The van der Waals surface area contributed by atoms with Crippen LogP contribution in [-0.4, -0.2) is 38.4 Å². The number of methoxy groups -OCH3 is 1. The molecule has 0 atom stereocenters. The lowest BCUT2D eigenvalue weighted by atomic mass is 10.1. The van der Waals surface area contributed by atoms with Gasteiger partial charge in [0.05, 0.1) is 25.5 Å². The van der Waals surface area contributed by atoms with Gasteiger partial charge in [0.2, 0.25) is 0 Å². The van der Waals surface area contributed by atoms with Crippen molar-refractivity contribution >= 4 is 18.1 Å². The van der Waals surface area contributed by atoms with E-state index in [1.165, 1.54) is 13.3 Å². The van der Waals surface area contributed by atoms with Crippen LogP contribution >= 0.6 is 0 Å². The zero-order chi connectivity index (χ0) is 25.8. The Morgan fingerprint density at radius 3 is 2.47 bits per heavy atom. The fourth-order valence-electron chi connectivity index (χ4n) is 3.18. The summed E-state index contributed by atoms with van der Waals surface area (Å²) in [7, 11) is 1.47. The van der Waals surface area contributed by atoms with Gasteiger partial charge in [-0.15, -0.1) is 6.58 Å². The number of amides is 1. The van der Waals surface area contributed by atoms with Gasteiger partial charge >= 0.3 is 5.97 Å². The number of ether oxygens (including phenoxy) is 4. The topological polar surface area (TPSA) is 95.5 Å². The molecule has 1 amide bonds. The maximum absolute atomic E-state index is 12.5. The summed E-state index contributed by atoms with van der Waals surface area (Å²) >= 11 is 0. The number of nitrogens with one attached hydrogen (secondary N) is 1. The van der Waals surface area contributed by atoms with Gasteiger partial charge < -0.3 is 18.9 Å². The summed E-state index contributed by atoms with van der Waals surface area (Å²) < 4.78 is 21.8. The minimum Gasteiger partial charge on any atom is -0.494 e. The molecule has 3 rings (SSSR count). The monoisotopic (exact) mass is 488 g/mol. The SMILES string of the molecule is C=CCc1ccccc1OCC(=O)N/N=C\c1ccc(OC(=O)c2ccc(OCC)cc2)c(OC)c1. The Hall–Kier alpha value is -4.59. The predicted octanol–water partition coefficient (Wildman–Crippen LogP) is 4.57. The number of benzene rings is 3. The summed E-state index contributed by atoms with van der Waals surface area (Å²) in [6.45, 7) is 5.97. The Morgan fingerprint density at radius 1 is 0.972 bits per heavy atom. The van der Waals surface area contributed by atoms with E-state index < -0.39 is 11.9 Å². The minimum absolute atomic E-state index is 0.185. The first kappa shape index (κ1) is 26.0. The van der Waals surface area contributed by atoms with Crippen molar-refractivity contribution in [2.24, 2.45) is 5.10 Å². The number of allylic oxidation sites excluding steroid dienone is 1. The van der Waals surface area contributed by atoms with Gasteiger partial charge in [0.1, 0.15) is 11.5 Å². The fraction of sp³-hybridized carbons (Fsp3) is 0.179. The van der Waals surface area contributed by atoms with Gasteiger partial charge in [0.25, 0.3) is 5.91 Å². The molecule has 186 valence electrons. The normalized spacial score (nSPS) is 10.5. The molecule has 0 aliphatic rings. The maximum atomic E-state index is 12.5. The average Bonchev–Trinajstić information content (AvgIpc) is 2.89. The van der Waals surface area contributed by atoms with Gasteiger partial charge in [-0.3, -0.25) is 4.79 Å². The van der Waals surface area contributed by atoms with Crippen LogP contribution in [0, 0.1) is 0 Å². The van der Waals surface area contributed by atoms with E-state index in [0.29, 0.717) is 41.4 Å². The number of hydrogen-bond donors (Lipinski definition) is 1. The molecule has 1 N–H and O–H groups in total. The number of carbonyl (C=O) groups is 2. The second kappa shape index (κ2) is 13.3. The number of esters is 1. The molecule has 0 fully saturated rings. The van der Waals surface area contributed by atoms with Crippen molar-refractivity contribution in [3.8, 4) is 23.0 Å². The van der Waals surface area contributed by atoms with Crippen LogP contribution in [0.5, 0.6) is 23.0 Å². The lowest BCUT2D eigenvalue weighted by Crippen LogP contribution is -2.24. The molecule has 8 heteroatoms. The van der Waals surface area contributed by atoms with Gasteiger partial charge in [-0.2, -0.15) is 5.10 Å². The zero-order valence-electron chi connectivity index (χ0n) is 20.2. The molecule has 3 aromatic rings. The van der Waals surface area contributed by atoms with Crippen molar-refractivity contribution in [1.82, 2.24) is 5.43 Å². The Morgan fingerprint density at radius 2 is 1.75 bits per heavy atom. The van der Waals surface area contributed by atoms with Crippen molar-refractivity contribution in [2.45, 2.75) is 13.3 Å². The number of hydrogen-bond acceptors (Lipinski definition) is 7. The van der Waals surface area contributed by atoms with E-state index >= 15 is 0 Å². The molecule has 0 saturated carbocycles. The lowest BCUT2D eigenvalue weighted by Gasteiger charge is -2.10. The third-order valence-corrected chi connectivity index (χ3v) is 4.89. The molecule has 0 aliphatic heterocycles. The summed E-state index contributed by atoms with van der Waals surface area (Å²) in [5.74, 6) is 0.950. The van der Waals surface area contributed by atoms with Crippen molar-refractivity contribution in [2.75, 3.05) is 20.3 Å². The summed E-state index contributed by atoms with van der Waals surface area (Å²) in [5.41, 5.74) is 4.37. The van der Waals surface area contributed by atoms with Crippen LogP contribution in [0.15, 0.2) is 84.5 Å². The number of rotatable bonds is 12. The Balaban J connectivity index is 1.56. The zero-order valence-corrected chi connectivity index (χ0v) is 20.2. The molecule has 0 heterocycles. The number of para-hydroxylation sites is 1. The third-order valence-electron chi connectivity index (χ3n) is 4.89. The lowest BCUT2D eigenvalue weighted by molar-refractivity contribution is -0.123. The van der Waals surface area contributed by atoms with Crippen LogP contribution in [-0.2, 0) is 11.2 Å². The summed E-state index contributed by atoms with van der Waals surface area (Å²) in [4.78, 5) is 24.6. The van der Waals surface area contributed by atoms with E-state index in [-0.39, 0.29) is 12.4 Å². The van der Waals surface area contributed by atoms with Gasteiger partial charge in [0, 0.05) is 0 Å². The summed E-state index contributed by atoms with van der Waals surface area (Å²) in [5, 5.41) is 3.95. The molecule has 8 nitrogen and oxygen atoms in total. The highest BCUT2D eigenvalue weighted by Gasteiger charge is 2.13. The largest absolute Gasteiger partial charge is 0.494 e. The highest BCUT2D eigenvalue weighted by Crippen LogP contribution is 2.28. The molecule has 0 bridgehead atoms. The van der Waals surface area contributed by atoms with Crippen LogP contribution in [0.2, 0.25) is 0 Å². The molecular formula is C28H28N2O6. The predicted molar refractivity (Wildman–Crippen MR) is 137 cm³/mol. The molecule has 3 aromatic carbocycles. The Bertz CT molecular complexity index is 1220. The van der Waals surface area contributed by atoms with Gasteiger partial charge in [-0.05, 0) is 73.0 Å². The van der Waals surface area contributed by atoms with E-state index in [1.807, 2.05) is 25.1 Å². The molecule has 0 saturated heterocycles. The second-order valence-corrected chi connectivity index (χ2v) is 7.44. The standard InChI is InChI=1S/C28H28N2O6/c1-4-8-21-9-6-7-10-24(21)35-19-27(31)30-29-18-20-11-16-25(26(17-20)33-3)36-28(32)22-12-14-23(15-13-22)34-5-2/h4,6-7,9-18H,1,5,8,19H2,2-3H3,(H,30,31)/b29-18-. The summed E-state index contributed by atoms with van der Waals surface area (Å²) in [6.07, 6.45) is 3.86. The highest BCUT2D eigenvalue weighted by atomic mass is 16.6. The van der Waals surface area contributed by atoms with Gasteiger partial charge in [-0.1, -0.05) is 24.3 Å². The van der Waals surface area contributed by atoms with Crippen LogP contribution in [0.1, 0.15) is 28.4 Å². The maximum Gasteiger partial charge on any atom is 0.343 e. The first-order valence-electron chi connectivity index (χ1n) is 11.3. The highest BCUT2D eigenvalue weighted by molar-refractivity contribution is 5.92. The van der Waals surface area contributed by atoms with E-state index in [4.69, 9.17) is 18.9 Å². The molecule has 36 heavy (non-hydrogen) atoms. The van der Waals surface area contributed by atoms with E-state index in [2.05, 4.69) is 17.1 Å². The molecule has 0 aliphatic carbocycles. The average molecular weight is 489 g/mol. The molecule has 0 aromatic heterocycles. The van der Waals surface area contributed by atoms with E-state index in [1.54, 1.807) is 54.6 Å². The van der Waals surface area contributed by atoms with Crippen molar-refractivity contribution in [3.05, 3.63) is 96.1 Å². The van der Waals surface area contributed by atoms with Crippen molar-refractivity contribution in [1.29, 1.82) is 0 Å². The van der Waals surface area contributed by atoms with Crippen molar-refractivity contribution in [3.63, 3.8) is 0 Å². The molecule has 0 spiro atoms. The summed E-state index contributed by atoms with van der Waals surface area (Å²) in [6, 6.07) is 19.0. The number of hydrazone groups is 1. The second-order valence-electron chi connectivity index (χ2n) is 7.44. The quantitative estimate of drug-likeness (QED) is 0.132. The smallest absolute Gasteiger partial charge is 0.343 e. The van der Waals surface area contributed by atoms with Gasteiger partial charge in [-0.25, -0.2) is 10.2 Å². The first-order valence-corrected chi connectivity index (χ1v) is 11.3. The fourth-order valence-corrected chi connectivity index (χ4v) is 3.18. The number of nitrogens with zero attached hydrogens (tertiary/aromatic N) is 1. The van der Waals surface area contributed by atoms with Crippen LogP contribution in [0.3, 0.4) is 0 Å². The first-order chi connectivity index (χ1) is 17.5. The van der Waals surface area contributed by atoms with Crippen molar-refractivity contribution < 1.29 is 28.5 Å². The number of carbonyl (C=O) groups excluding carboxylic acids is 2. The van der Waals surface area contributed by atoms with Crippen LogP contribution < -0.4 is 24.4 Å². The molecular weight excluding hydrogens is 460 g/mol. The molecule has 0 radical (unpaired) electrons. The minimum atomic E-state index is -0.528. The van der Waals surface area contributed by atoms with Crippen LogP contribution in [0.25, 0.3) is 0 Å². The Labute approximate surface area is 210 Å². The third kappa shape index (κ3) is 7.46. The van der Waals surface area contributed by atoms with Gasteiger partial charge in [0.15, 0.2) is 18.1 Å². The molecule has 0 unspecified atom stereocenters.